The number of nitro benzene ring substituents is 1. The molecule has 3 rings (SSSR count). The van der Waals surface area contributed by atoms with Crippen LogP contribution in [-0.2, 0) is 6.54 Å². The van der Waals surface area contributed by atoms with E-state index in [1.807, 2.05) is 36.4 Å². The lowest BCUT2D eigenvalue weighted by Crippen LogP contribution is -2.22. The molecule has 1 heterocycles. The summed E-state index contributed by atoms with van der Waals surface area (Å²) in [7, 11) is 1.53. The van der Waals surface area contributed by atoms with Gasteiger partial charge in [-0.05, 0) is 17.2 Å². The van der Waals surface area contributed by atoms with Crippen molar-refractivity contribution in [2.45, 2.75) is 6.54 Å². The van der Waals surface area contributed by atoms with E-state index in [1.165, 1.54) is 30.6 Å². The van der Waals surface area contributed by atoms with E-state index in [4.69, 9.17) is 4.74 Å². The van der Waals surface area contributed by atoms with Crippen molar-refractivity contribution in [2.24, 2.45) is 0 Å². The molecule has 6 nitrogen and oxygen atoms in total. The molecule has 0 aliphatic rings. The van der Waals surface area contributed by atoms with Gasteiger partial charge in [0.05, 0.1) is 12.0 Å². The number of hydrogen-bond acceptors (Lipinski definition) is 5. The molecular weight excluding hydrogens is 352 g/mol. The lowest BCUT2D eigenvalue weighted by molar-refractivity contribution is -0.384. The highest BCUT2D eigenvalue weighted by Crippen LogP contribution is 2.36. The van der Waals surface area contributed by atoms with Gasteiger partial charge in [-0.1, -0.05) is 42.5 Å². The number of carbonyl (C=O) groups excluding carboxylic acids is 1. The van der Waals surface area contributed by atoms with Gasteiger partial charge in [-0.2, -0.15) is 0 Å². The van der Waals surface area contributed by atoms with Gasteiger partial charge in [0.2, 0.25) is 0 Å². The van der Waals surface area contributed by atoms with Crippen LogP contribution in [0, 0.1) is 10.1 Å². The summed E-state index contributed by atoms with van der Waals surface area (Å²) in [5.74, 6) is 0.280. The summed E-state index contributed by atoms with van der Waals surface area (Å²) < 4.78 is 5.34. The number of nitrogens with one attached hydrogen (secondary N) is 1. The molecule has 0 bridgehead atoms. The molecule has 0 aliphatic heterocycles. The normalized spacial score (nSPS) is 10.3. The number of methoxy groups -OCH3 is 1. The van der Waals surface area contributed by atoms with Crippen molar-refractivity contribution in [3.8, 4) is 16.2 Å². The second-order valence-corrected chi connectivity index (χ2v) is 6.53. The maximum atomic E-state index is 12.5. The molecule has 0 saturated heterocycles. The van der Waals surface area contributed by atoms with Gasteiger partial charge in [-0.15, -0.1) is 11.3 Å². The fraction of sp³-hybridized carbons (Fsp3) is 0.105. The number of non-ortho nitro benzene ring substituents is 1. The summed E-state index contributed by atoms with van der Waals surface area (Å²) in [5, 5.41) is 13.5. The number of nitrogens with zero attached hydrogens (tertiary/aromatic N) is 1. The topological polar surface area (TPSA) is 81.5 Å². The maximum Gasteiger partial charge on any atom is 0.269 e. The third-order valence-corrected chi connectivity index (χ3v) is 4.95. The van der Waals surface area contributed by atoms with Crippen LogP contribution >= 0.6 is 11.3 Å². The molecular formula is C19H16N2O4S. The molecule has 2 aromatic carbocycles. The Kier molecular flexibility index (Phi) is 5.28. The minimum Gasteiger partial charge on any atom is -0.495 e. The van der Waals surface area contributed by atoms with Crippen LogP contribution in [-0.4, -0.2) is 17.9 Å². The molecule has 0 aliphatic carbocycles. The number of rotatable bonds is 6. The van der Waals surface area contributed by atoms with Gasteiger partial charge in [0.1, 0.15) is 10.6 Å². The number of nitro groups is 1. The largest absolute Gasteiger partial charge is 0.495 e. The molecule has 0 saturated carbocycles. The molecule has 0 unspecified atom stereocenters. The van der Waals surface area contributed by atoms with Crippen molar-refractivity contribution in [2.75, 3.05) is 7.11 Å². The van der Waals surface area contributed by atoms with Crippen LogP contribution in [0.5, 0.6) is 5.75 Å². The van der Waals surface area contributed by atoms with Gasteiger partial charge >= 0.3 is 0 Å². The Labute approximate surface area is 154 Å². The average Bonchev–Trinajstić information content (AvgIpc) is 3.11. The SMILES string of the molecule is COc1cc(-c2ccccc2)sc1C(=O)NCc1ccc([N+](=O)[O-])cc1. The van der Waals surface area contributed by atoms with Crippen molar-refractivity contribution in [1.82, 2.24) is 5.32 Å². The smallest absolute Gasteiger partial charge is 0.269 e. The predicted molar refractivity (Wildman–Crippen MR) is 101 cm³/mol. The minimum absolute atomic E-state index is 0.0208. The van der Waals surface area contributed by atoms with Gasteiger partial charge in [0.25, 0.3) is 11.6 Å². The Morgan fingerprint density at radius 3 is 2.46 bits per heavy atom. The highest BCUT2D eigenvalue weighted by atomic mass is 32.1. The number of amides is 1. The number of carbonyl (C=O) groups is 1. The Bertz CT molecular complexity index is 920. The average molecular weight is 368 g/mol. The first-order valence-electron chi connectivity index (χ1n) is 7.83. The van der Waals surface area contributed by atoms with Crippen LogP contribution in [0.2, 0.25) is 0 Å². The van der Waals surface area contributed by atoms with Crippen molar-refractivity contribution in [1.29, 1.82) is 0 Å². The molecule has 3 aromatic rings. The highest BCUT2D eigenvalue weighted by molar-refractivity contribution is 7.17. The molecule has 26 heavy (non-hydrogen) atoms. The molecule has 1 N–H and O–H groups in total. The molecule has 7 heteroatoms. The van der Waals surface area contributed by atoms with Gasteiger partial charge in [0.15, 0.2) is 0 Å². The van der Waals surface area contributed by atoms with Crippen molar-refractivity contribution in [3.63, 3.8) is 0 Å². The van der Waals surface area contributed by atoms with Gasteiger partial charge in [-0.3, -0.25) is 14.9 Å². The van der Waals surface area contributed by atoms with E-state index in [2.05, 4.69) is 5.32 Å². The first kappa shape index (κ1) is 17.6. The zero-order valence-electron chi connectivity index (χ0n) is 14.0. The van der Waals surface area contributed by atoms with Gasteiger partial charge < -0.3 is 10.1 Å². The third-order valence-electron chi connectivity index (χ3n) is 3.78. The summed E-state index contributed by atoms with van der Waals surface area (Å²) in [6.45, 7) is 0.276. The molecule has 0 fully saturated rings. The zero-order chi connectivity index (χ0) is 18.5. The Balaban J connectivity index is 1.73. The van der Waals surface area contributed by atoms with Crippen molar-refractivity contribution >= 4 is 22.9 Å². The summed E-state index contributed by atoms with van der Waals surface area (Å²) in [5.41, 5.74) is 1.82. The first-order chi connectivity index (χ1) is 12.6. The number of benzene rings is 2. The van der Waals surface area contributed by atoms with Crippen LogP contribution in [0.25, 0.3) is 10.4 Å². The van der Waals surface area contributed by atoms with E-state index < -0.39 is 4.92 Å². The van der Waals surface area contributed by atoms with Crippen LogP contribution in [0.1, 0.15) is 15.2 Å². The maximum absolute atomic E-state index is 12.5. The van der Waals surface area contributed by atoms with E-state index >= 15 is 0 Å². The molecule has 0 spiro atoms. The quantitative estimate of drug-likeness (QED) is 0.521. The fourth-order valence-electron chi connectivity index (χ4n) is 2.43. The van der Waals surface area contributed by atoms with Crippen LogP contribution in [0.4, 0.5) is 5.69 Å². The standard InChI is InChI=1S/C19H16N2O4S/c1-25-16-11-17(14-5-3-2-4-6-14)26-18(16)19(22)20-12-13-7-9-15(10-8-13)21(23)24/h2-11H,12H2,1H3,(H,20,22). The van der Waals surface area contributed by atoms with Crippen molar-refractivity contribution < 1.29 is 14.5 Å². The van der Waals surface area contributed by atoms with Crippen LogP contribution in [0.3, 0.4) is 0 Å². The molecule has 0 radical (unpaired) electrons. The van der Waals surface area contributed by atoms with E-state index in [9.17, 15) is 14.9 Å². The second-order valence-electron chi connectivity index (χ2n) is 5.48. The monoisotopic (exact) mass is 368 g/mol. The number of hydrogen-bond donors (Lipinski definition) is 1. The molecule has 132 valence electrons. The lowest BCUT2D eigenvalue weighted by atomic mass is 10.2. The van der Waals surface area contributed by atoms with Crippen LogP contribution < -0.4 is 10.1 Å². The van der Waals surface area contributed by atoms with Crippen LogP contribution in [0.15, 0.2) is 60.7 Å². The van der Waals surface area contributed by atoms with Gasteiger partial charge in [-0.25, -0.2) is 0 Å². The van der Waals surface area contributed by atoms with E-state index in [1.54, 1.807) is 12.1 Å². The number of thiophene rings is 1. The van der Waals surface area contributed by atoms with E-state index in [0.29, 0.717) is 10.6 Å². The van der Waals surface area contributed by atoms with Gasteiger partial charge in [0, 0.05) is 23.6 Å². The molecule has 0 atom stereocenters. The highest BCUT2D eigenvalue weighted by Gasteiger charge is 2.18. The Hall–Kier alpha value is -3.19. The summed E-state index contributed by atoms with van der Waals surface area (Å²) >= 11 is 1.36. The van der Waals surface area contributed by atoms with E-state index in [0.717, 1.165) is 16.0 Å². The Morgan fingerprint density at radius 2 is 1.85 bits per heavy atom. The van der Waals surface area contributed by atoms with Crippen molar-refractivity contribution in [3.05, 3.63) is 81.2 Å². The zero-order valence-corrected chi connectivity index (χ0v) is 14.8. The number of ether oxygens (including phenoxy) is 1. The molecule has 1 aromatic heterocycles. The minimum atomic E-state index is -0.454. The summed E-state index contributed by atoms with van der Waals surface area (Å²) in [6.07, 6.45) is 0. The summed E-state index contributed by atoms with van der Waals surface area (Å²) in [6, 6.07) is 17.7. The van der Waals surface area contributed by atoms with E-state index in [-0.39, 0.29) is 18.1 Å². The molecule has 1 amide bonds. The second kappa shape index (κ2) is 7.79. The predicted octanol–water partition coefficient (Wildman–Crippen LogP) is 4.26. The Morgan fingerprint density at radius 1 is 1.15 bits per heavy atom. The lowest BCUT2D eigenvalue weighted by Gasteiger charge is -2.05. The third kappa shape index (κ3) is 3.89. The fourth-order valence-corrected chi connectivity index (χ4v) is 3.47. The first-order valence-corrected chi connectivity index (χ1v) is 8.65. The summed E-state index contributed by atoms with van der Waals surface area (Å²) in [4.78, 5) is 24.2.